The molecule has 2 aliphatic heterocycles. The topological polar surface area (TPSA) is 44.4 Å². The van der Waals surface area contributed by atoms with Crippen LogP contribution < -0.4 is 10.6 Å². The first-order valence-electron chi connectivity index (χ1n) is 6.76. The first kappa shape index (κ1) is 12.8. The number of piperidine rings is 1. The summed E-state index contributed by atoms with van der Waals surface area (Å²) < 4.78 is 0. The van der Waals surface area contributed by atoms with Crippen LogP contribution in [0.2, 0.25) is 0 Å². The number of hydrogen-bond donors (Lipinski definition) is 2. The molecular formula is C13H25N3O. The molecule has 1 atom stereocenters. The van der Waals surface area contributed by atoms with Crippen LogP contribution in [-0.4, -0.2) is 50.6 Å². The van der Waals surface area contributed by atoms with E-state index >= 15 is 0 Å². The number of rotatable bonds is 3. The largest absolute Gasteiger partial charge is 0.355 e. The predicted octanol–water partition coefficient (Wildman–Crippen LogP) is 0.444. The molecule has 0 radical (unpaired) electrons. The van der Waals surface area contributed by atoms with E-state index < -0.39 is 0 Å². The summed E-state index contributed by atoms with van der Waals surface area (Å²) >= 11 is 0. The molecule has 2 N–H and O–H groups in total. The summed E-state index contributed by atoms with van der Waals surface area (Å²) in [6.45, 7) is 7.28. The first-order valence-corrected chi connectivity index (χ1v) is 6.76. The second-order valence-electron chi connectivity index (χ2n) is 6.02. The smallest absolute Gasteiger partial charge is 0.224 e. The Labute approximate surface area is 104 Å². The minimum Gasteiger partial charge on any atom is -0.355 e. The second-order valence-corrected chi connectivity index (χ2v) is 6.02. The van der Waals surface area contributed by atoms with Crippen LogP contribution in [0.15, 0.2) is 0 Å². The van der Waals surface area contributed by atoms with Crippen molar-refractivity contribution >= 4 is 5.91 Å². The third-order valence-corrected chi connectivity index (χ3v) is 4.31. The molecule has 0 saturated carbocycles. The molecule has 2 aliphatic rings. The van der Waals surface area contributed by atoms with Gasteiger partial charge in [0, 0.05) is 13.1 Å². The van der Waals surface area contributed by atoms with Gasteiger partial charge in [-0.25, -0.2) is 0 Å². The van der Waals surface area contributed by atoms with E-state index in [0.29, 0.717) is 5.41 Å². The average Bonchev–Trinajstić information content (AvgIpc) is 2.84. The summed E-state index contributed by atoms with van der Waals surface area (Å²) in [5.74, 6) is 0.444. The normalized spacial score (nSPS) is 29.2. The van der Waals surface area contributed by atoms with Crippen LogP contribution in [0.25, 0.3) is 0 Å². The maximum atomic E-state index is 11.9. The van der Waals surface area contributed by atoms with Crippen LogP contribution in [0.1, 0.15) is 26.2 Å². The van der Waals surface area contributed by atoms with Crippen LogP contribution in [-0.2, 0) is 4.79 Å². The Kier molecular flexibility index (Phi) is 4.05. The highest BCUT2D eigenvalue weighted by atomic mass is 16.1. The van der Waals surface area contributed by atoms with Gasteiger partial charge in [-0.3, -0.25) is 4.79 Å². The Morgan fingerprint density at radius 3 is 2.76 bits per heavy atom. The summed E-state index contributed by atoms with van der Waals surface area (Å²) in [5, 5.41) is 6.39. The van der Waals surface area contributed by atoms with Crippen molar-refractivity contribution in [2.24, 2.45) is 11.3 Å². The van der Waals surface area contributed by atoms with E-state index in [4.69, 9.17) is 0 Å². The number of carbonyl (C=O) groups excluding carboxylic acids is 1. The highest BCUT2D eigenvalue weighted by Gasteiger charge is 2.30. The Bertz CT molecular complexity index is 266. The number of likely N-dealkylation sites (tertiary alicyclic amines) is 1. The molecule has 2 heterocycles. The molecule has 4 heteroatoms. The quantitative estimate of drug-likeness (QED) is 0.751. The molecule has 2 rings (SSSR count). The first-order chi connectivity index (χ1) is 8.09. The SMILES string of the molecule is CN1CCC(C)(CNC(=O)C2CCNC2)CC1. The van der Waals surface area contributed by atoms with Gasteiger partial charge in [0.25, 0.3) is 0 Å². The van der Waals surface area contributed by atoms with Crippen molar-refractivity contribution in [2.45, 2.75) is 26.2 Å². The van der Waals surface area contributed by atoms with Gasteiger partial charge in [0.1, 0.15) is 0 Å². The fraction of sp³-hybridized carbons (Fsp3) is 0.923. The molecule has 4 nitrogen and oxygen atoms in total. The number of nitrogens with one attached hydrogen (secondary N) is 2. The number of nitrogens with zero attached hydrogens (tertiary/aromatic N) is 1. The van der Waals surface area contributed by atoms with Gasteiger partial charge in [-0.1, -0.05) is 6.92 Å². The van der Waals surface area contributed by atoms with Crippen molar-refractivity contribution in [1.29, 1.82) is 0 Å². The number of carbonyl (C=O) groups is 1. The highest BCUT2D eigenvalue weighted by Crippen LogP contribution is 2.29. The van der Waals surface area contributed by atoms with Crippen molar-refractivity contribution in [2.75, 3.05) is 39.8 Å². The maximum absolute atomic E-state index is 11.9. The van der Waals surface area contributed by atoms with E-state index in [0.717, 1.165) is 39.1 Å². The van der Waals surface area contributed by atoms with Gasteiger partial charge >= 0.3 is 0 Å². The third-order valence-electron chi connectivity index (χ3n) is 4.31. The zero-order chi connectivity index (χ0) is 12.3. The molecule has 2 fully saturated rings. The standard InChI is InChI=1S/C13H25N3O/c1-13(4-7-16(2)8-5-13)10-15-12(17)11-3-6-14-9-11/h11,14H,3-10H2,1-2H3,(H,15,17). The summed E-state index contributed by atoms with van der Waals surface area (Å²) in [6.07, 6.45) is 3.37. The lowest BCUT2D eigenvalue weighted by molar-refractivity contribution is -0.125. The van der Waals surface area contributed by atoms with Gasteiger partial charge in [0.05, 0.1) is 5.92 Å². The van der Waals surface area contributed by atoms with E-state index in [9.17, 15) is 4.79 Å². The van der Waals surface area contributed by atoms with Crippen LogP contribution in [0.4, 0.5) is 0 Å². The van der Waals surface area contributed by atoms with E-state index in [1.165, 1.54) is 12.8 Å². The molecule has 0 aromatic heterocycles. The zero-order valence-corrected chi connectivity index (χ0v) is 11.1. The molecule has 1 unspecified atom stereocenters. The van der Waals surface area contributed by atoms with Crippen molar-refractivity contribution in [3.05, 3.63) is 0 Å². The molecule has 1 amide bonds. The molecule has 0 aliphatic carbocycles. The van der Waals surface area contributed by atoms with Gasteiger partial charge in [-0.15, -0.1) is 0 Å². The molecule has 0 aromatic carbocycles. The summed E-state index contributed by atoms with van der Waals surface area (Å²) in [4.78, 5) is 14.3. The monoisotopic (exact) mass is 239 g/mol. The fourth-order valence-electron chi connectivity index (χ4n) is 2.66. The molecule has 98 valence electrons. The Morgan fingerprint density at radius 2 is 2.18 bits per heavy atom. The maximum Gasteiger partial charge on any atom is 0.224 e. The van der Waals surface area contributed by atoms with Crippen molar-refractivity contribution < 1.29 is 4.79 Å². The Morgan fingerprint density at radius 1 is 1.47 bits per heavy atom. The predicted molar refractivity (Wildman–Crippen MR) is 68.8 cm³/mol. The molecular weight excluding hydrogens is 214 g/mol. The summed E-state index contributed by atoms with van der Waals surface area (Å²) in [7, 11) is 2.17. The second kappa shape index (κ2) is 5.36. The highest BCUT2D eigenvalue weighted by molar-refractivity contribution is 5.79. The lowest BCUT2D eigenvalue weighted by atomic mass is 9.80. The fourth-order valence-corrected chi connectivity index (χ4v) is 2.66. The van der Waals surface area contributed by atoms with Crippen molar-refractivity contribution in [1.82, 2.24) is 15.5 Å². The third kappa shape index (κ3) is 3.42. The van der Waals surface area contributed by atoms with E-state index in [2.05, 4.69) is 29.5 Å². The van der Waals surface area contributed by atoms with E-state index in [1.54, 1.807) is 0 Å². The van der Waals surface area contributed by atoms with Crippen molar-refractivity contribution in [3.63, 3.8) is 0 Å². The van der Waals surface area contributed by atoms with Gasteiger partial charge in [-0.2, -0.15) is 0 Å². The minimum absolute atomic E-state index is 0.199. The van der Waals surface area contributed by atoms with Crippen LogP contribution in [0.3, 0.4) is 0 Å². The van der Waals surface area contributed by atoms with Gasteiger partial charge in [0.15, 0.2) is 0 Å². The zero-order valence-electron chi connectivity index (χ0n) is 11.1. The Balaban J connectivity index is 1.75. The Hall–Kier alpha value is -0.610. The van der Waals surface area contributed by atoms with Crippen LogP contribution in [0, 0.1) is 11.3 Å². The lowest BCUT2D eigenvalue weighted by Crippen LogP contribution is -2.45. The van der Waals surface area contributed by atoms with E-state index in [-0.39, 0.29) is 11.8 Å². The molecule has 17 heavy (non-hydrogen) atoms. The molecule has 2 saturated heterocycles. The van der Waals surface area contributed by atoms with E-state index in [1.807, 2.05) is 0 Å². The van der Waals surface area contributed by atoms with Gasteiger partial charge in [-0.05, 0) is 51.4 Å². The molecule has 0 bridgehead atoms. The van der Waals surface area contributed by atoms with Gasteiger partial charge < -0.3 is 15.5 Å². The molecule has 0 spiro atoms. The summed E-state index contributed by atoms with van der Waals surface area (Å²) in [5.41, 5.74) is 0.300. The number of amides is 1. The summed E-state index contributed by atoms with van der Waals surface area (Å²) in [6, 6.07) is 0. The van der Waals surface area contributed by atoms with Gasteiger partial charge in [0.2, 0.25) is 5.91 Å². The molecule has 0 aromatic rings. The van der Waals surface area contributed by atoms with Crippen LogP contribution >= 0.6 is 0 Å². The van der Waals surface area contributed by atoms with Crippen LogP contribution in [0.5, 0.6) is 0 Å². The number of hydrogen-bond acceptors (Lipinski definition) is 3. The minimum atomic E-state index is 0.199. The average molecular weight is 239 g/mol. The lowest BCUT2D eigenvalue weighted by Gasteiger charge is -2.38. The van der Waals surface area contributed by atoms with Crippen molar-refractivity contribution in [3.8, 4) is 0 Å².